The standard InChI is InChI=1S/C32H41F2N3O4/c1-4-12-37(6-3)30(40)26-18-32(31(35)41,11-10-28(26)38)27(16-23-14-24(33)17-25(34)15-23)29(39)20-36-19-22-9-7-8-21(5-2)13-22/h7-11,13-15,17,27,29,36,38-39H,4-6,12,16,18-20H2,1-3H3,(H2,35,41)/t27-,29+,32?/m1/s1. The number of allylic oxidation sites excluding steroid dienone is 1. The maximum atomic E-state index is 14.1. The highest BCUT2D eigenvalue weighted by molar-refractivity contribution is 5.97. The van der Waals surface area contributed by atoms with Crippen molar-refractivity contribution < 1.29 is 28.6 Å². The van der Waals surface area contributed by atoms with Gasteiger partial charge in [0.2, 0.25) is 5.91 Å². The summed E-state index contributed by atoms with van der Waals surface area (Å²) >= 11 is 0. The van der Waals surface area contributed by atoms with Crippen LogP contribution in [0.2, 0.25) is 0 Å². The van der Waals surface area contributed by atoms with Gasteiger partial charge < -0.3 is 26.2 Å². The number of carbonyl (C=O) groups is 2. The van der Waals surface area contributed by atoms with Gasteiger partial charge in [-0.05, 0) is 67.5 Å². The molecule has 3 atom stereocenters. The summed E-state index contributed by atoms with van der Waals surface area (Å²) in [5.41, 5.74) is 6.78. The van der Waals surface area contributed by atoms with Gasteiger partial charge in [0.05, 0.1) is 17.1 Å². The van der Waals surface area contributed by atoms with E-state index in [1.165, 1.54) is 17.7 Å². The van der Waals surface area contributed by atoms with Gasteiger partial charge in [-0.3, -0.25) is 9.59 Å². The number of primary amides is 1. The maximum Gasteiger partial charge on any atom is 0.253 e. The number of nitrogens with zero attached hydrogens (tertiary/aromatic N) is 1. The van der Waals surface area contributed by atoms with Gasteiger partial charge in [0.25, 0.3) is 5.91 Å². The normalized spacial score (nSPS) is 18.3. The number of hydrogen-bond acceptors (Lipinski definition) is 5. The Labute approximate surface area is 240 Å². The molecule has 0 radical (unpaired) electrons. The van der Waals surface area contributed by atoms with Crippen molar-refractivity contribution in [2.24, 2.45) is 17.1 Å². The largest absolute Gasteiger partial charge is 0.507 e. The lowest BCUT2D eigenvalue weighted by Crippen LogP contribution is -2.51. The van der Waals surface area contributed by atoms with Crippen LogP contribution in [0, 0.1) is 23.0 Å². The van der Waals surface area contributed by atoms with Gasteiger partial charge in [-0.25, -0.2) is 8.78 Å². The van der Waals surface area contributed by atoms with Crippen LogP contribution in [0.1, 0.15) is 50.3 Å². The van der Waals surface area contributed by atoms with Crippen molar-refractivity contribution in [3.63, 3.8) is 0 Å². The molecule has 0 aliphatic heterocycles. The van der Waals surface area contributed by atoms with Crippen molar-refractivity contribution in [1.82, 2.24) is 10.2 Å². The van der Waals surface area contributed by atoms with Crippen LogP contribution in [-0.2, 0) is 29.0 Å². The number of hydrogen-bond donors (Lipinski definition) is 4. The maximum absolute atomic E-state index is 14.1. The SMILES string of the molecule is CCCN(CC)C(=O)C1=C(O)C=CC(C(N)=O)([C@H](Cc2cc(F)cc(F)c2)[C@@H](O)CNCc2cccc(CC)c2)C1. The van der Waals surface area contributed by atoms with E-state index >= 15 is 0 Å². The first-order valence-corrected chi connectivity index (χ1v) is 14.2. The summed E-state index contributed by atoms with van der Waals surface area (Å²) in [7, 11) is 0. The second-order valence-corrected chi connectivity index (χ2v) is 10.6. The van der Waals surface area contributed by atoms with Gasteiger partial charge in [-0.1, -0.05) is 44.2 Å². The third kappa shape index (κ3) is 7.80. The number of likely N-dealkylation sites (N-methyl/N-ethyl adjacent to an activating group) is 1. The Morgan fingerprint density at radius 3 is 2.37 bits per heavy atom. The molecule has 3 rings (SSSR count). The fourth-order valence-electron chi connectivity index (χ4n) is 5.54. The topological polar surface area (TPSA) is 116 Å². The van der Waals surface area contributed by atoms with E-state index < -0.39 is 40.9 Å². The fourth-order valence-corrected chi connectivity index (χ4v) is 5.54. The summed E-state index contributed by atoms with van der Waals surface area (Å²) in [5, 5.41) is 25.4. The quantitative estimate of drug-likeness (QED) is 0.270. The highest BCUT2D eigenvalue weighted by Gasteiger charge is 2.49. The zero-order valence-electron chi connectivity index (χ0n) is 24.0. The van der Waals surface area contributed by atoms with E-state index in [9.17, 15) is 28.6 Å². The van der Waals surface area contributed by atoms with Crippen LogP contribution in [-0.4, -0.2) is 52.7 Å². The van der Waals surface area contributed by atoms with Gasteiger partial charge in [0, 0.05) is 38.2 Å². The molecule has 9 heteroatoms. The lowest BCUT2D eigenvalue weighted by molar-refractivity contribution is -0.132. The fraction of sp³-hybridized carbons (Fsp3) is 0.438. The third-order valence-corrected chi connectivity index (χ3v) is 7.78. The van der Waals surface area contributed by atoms with E-state index in [1.54, 1.807) is 4.90 Å². The molecule has 7 nitrogen and oxygen atoms in total. The van der Waals surface area contributed by atoms with Gasteiger partial charge >= 0.3 is 0 Å². The molecule has 1 unspecified atom stereocenters. The molecule has 1 aliphatic carbocycles. The number of nitrogens with one attached hydrogen (secondary N) is 1. The van der Waals surface area contributed by atoms with Crippen molar-refractivity contribution in [1.29, 1.82) is 0 Å². The summed E-state index contributed by atoms with van der Waals surface area (Å²) in [6, 6.07) is 11.0. The predicted octanol–water partition coefficient (Wildman–Crippen LogP) is 4.34. The van der Waals surface area contributed by atoms with E-state index in [4.69, 9.17) is 5.73 Å². The van der Waals surface area contributed by atoms with Gasteiger partial charge in [-0.15, -0.1) is 0 Å². The molecule has 2 aromatic carbocycles. The van der Waals surface area contributed by atoms with Crippen LogP contribution in [0.4, 0.5) is 8.78 Å². The molecule has 2 aromatic rings. The number of aryl methyl sites for hydroxylation is 1. The van der Waals surface area contributed by atoms with Crippen LogP contribution in [0.3, 0.4) is 0 Å². The summed E-state index contributed by atoms with van der Waals surface area (Å²) in [6.45, 7) is 7.14. The molecule has 0 spiro atoms. The number of benzene rings is 2. The average molecular weight is 570 g/mol. The Bertz CT molecular complexity index is 1280. The second-order valence-electron chi connectivity index (χ2n) is 10.6. The Hall–Kier alpha value is -3.56. The van der Waals surface area contributed by atoms with Crippen LogP contribution in [0.15, 0.2) is 65.9 Å². The zero-order chi connectivity index (χ0) is 30.2. The zero-order valence-corrected chi connectivity index (χ0v) is 24.0. The number of nitrogens with two attached hydrogens (primary N) is 1. The molecule has 0 heterocycles. The van der Waals surface area contributed by atoms with Crippen LogP contribution < -0.4 is 11.1 Å². The van der Waals surface area contributed by atoms with Crippen molar-refractivity contribution in [3.05, 3.63) is 94.3 Å². The first kappa shape index (κ1) is 32.0. The highest BCUT2D eigenvalue weighted by atomic mass is 19.1. The number of carbonyl (C=O) groups excluding carboxylic acids is 2. The molecular formula is C32H41F2N3O4. The molecule has 0 fully saturated rings. The Morgan fingerprint density at radius 1 is 1.07 bits per heavy atom. The molecule has 222 valence electrons. The number of rotatable bonds is 14. The Balaban J connectivity index is 1.96. The molecule has 0 bridgehead atoms. The van der Waals surface area contributed by atoms with Gasteiger partial charge in [-0.2, -0.15) is 0 Å². The van der Waals surface area contributed by atoms with E-state index in [2.05, 4.69) is 18.3 Å². The summed E-state index contributed by atoms with van der Waals surface area (Å²) in [6.07, 6.45) is 2.67. The van der Waals surface area contributed by atoms with Crippen molar-refractivity contribution in [2.75, 3.05) is 19.6 Å². The molecule has 0 saturated carbocycles. The second kappa shape index (κ2) is 14.4. The number of aliphatic hydroxyl groups excluding tert-OH is 2. The summed E-state index contributed by atoms with van der Waals surface area (Å²) < 4.78 is 28.3. The van der Waals surface area contributed by atoms with E-state index in [0.717, 1.165) is 30.2 Å². The number of amides is 2. The molecule has 41 heavy (non-hydrogen) atoms. The van der Waals surface area contributed by atoms with Crippen LogP contribution >= 0.6 is 0 Å². The molecule has 1 aliphatic rings. The molecule has 2 amide bonds. The first-order chi connectivity index (χ1) is 19.5. The lowest BCUT2D eigenvalue weighted by atomic mass is 9.64. The average Bonchev–Trinajstić information content (AvgIpc) is 2.94. The van der Waals surface area contributed by atoms with E-state index in [-0.39, 0.29) is 36.3 Å². The Kier molecular flexibility index (Phi) is 11.2. The van der Waals surface area contributed by atoms with Crippen molar-refractivity contribution in [2.45, 2.75) is 59.1 Å². The predicted molar refractivity (Wildman–Crippen MR) is 155 cm³/mol. The summed E-state index contributed by atoms with van der Waals surface area (Å²) in [4.78, 5) is 28.2. The smallest absolute Gasteiger partial charge is 0.253 e. The lowest BCUT2D eigenvalue weighted by Gasteiger charge is -2.41. The van der Waals surface area contributed by atoms with E-state index in [1.807, 2.05) is 32.0 Å². The third-order valence-electron chi connectivity index (χ3n) is 7.78. The summed E-state index contributed by atoms with van der Waals surface area (Å²) in [5.74, 6) is -4.09. The minimum Gasteiger partial charge on any atom is -0.507 e. The molecule has 5 N–H and O–H groups in total. The number of aliphatic hydroxyl groups is 2. The van der Waals surface area contributed by atoms with Gasteiger partial charge in [0.15, 0.2) is 0 Å². The van der Waals surface area contributed by atoms with Crippen LogP contribution in [0.25, 0.3) is 0 Å². The van der Waals surface area contributed by atoms with Gasteiger partial charge in [0.1, 0.15) is 17.4 Å². The molecule has 0 aromatic heterocycles. The minimum atomic E-state index is -1.62. The van der Waals surface area contributed by atoms with Crippen LogP contribution in [0.5, 0.6) is 0 Å². The Morgan fingerprint density at radius 2 is 1.76 bits per heavy atom. The monoisotopic (exact) mass is 569 g/mol. The first-order valence-electron chi connectivity index (χ1n) is 14.2. The molecular weight excluding hydrogens is 528 g/mol. The molecule has 0 saturated heterocycles. The van der Waals surface area contributed by atoms with E-state index in [0.29, 0.717) is 26.1 Å². The number of halogens is 2. The van der Waals surface area contributed by atoms with Crippen molar-refractivity contribution >= 4 is 11.8 Å². The highest BCUT2D eigenvalue weighted by Crippen LogP contribution is 2.44. The minimum absolute atomic E-state index is 0.00793. The van der Waals surface area contributed by atoms with Crippen molar-refractivity contribution in [3.8, 4) is 0 Å².